The van der Waals surface area contributed by atoms with Crippen molar-refractivity contribution >= 4 is 34.2 Å². The van der Waals surface area contributed by atoms with Crippen LogP contribution in [0.3, 0.4) is 0 Å². The Morgan fingerprint density at radius 1 is 1.02 bits per heavy atom. The lowest BCUT2D eigenvalue weighted by atomic mass is 9.85. The van der Waals surface area contributed by atoms with Gasteiger partial charge in [-0.1, -0.05) is 23.7 Å². The van der Waals surface area contributed by atoms with Gasteiger partial charge in [0.05, 0.1) is 10.9 Å². The van der Waals surface area contributed by atoms with Gasteiger partial charge in [0.15, 0.2) is 5.43 Å². The minimum atomic E-state index is -0.595. The lowest BCUT2D eigenvalue weighted by molar-refractivity contribution is -0.158. The van der Waals surface area contributed by atoms with Gasteiger partial charge in [-0.05, 0) is 57.1 Å². The molecule has 0 amide bonds. The molecule has 0 spiro atoms. The number of carbonyl (C=O) groups is 1. The number of piperidine rings is 2. The van der Waals surface area contributed by atoms with Crippen molar-refractivity contribution in [2.45, 2.75) is 31.3 Å². The van der Waals surface area contributed by atoms with Crippen molar-refractivity contribution in [3.8, 4) is 22.8 Å². The van der Waals surface area contributed by atoms with Crippen molar-refractivity contribution < 1.29 is 24.2 Å². The Bertz CT molecular complexity index is 1670. The fourth-order valence-electron chi connectivity index (χ4n) is 6.17. The van der Waals surface area contributed by atoms with Crippen molar-refractivity contribution in [3.63, 3.8) is 0 Å². The highest BCUT2D eigenvalue weighted by Gasteiger charge is 2.38. The van der Waals surface area contributed by atoms with Gasteiger partial charge >= 0.3 is 5.97 Å². The van der Waals surface area contributed by atoms with E-state index in [0.717, 1.165) is 24.8 Å². The first-order chi connectivity index (χ1) is 20.3. The quantitative estimate of drug-likeness (QED) is 0.304. The highest BCUT2D eigenvalue weighted by atomic mass is 35.5. The highest BCUT2D eigenvalue weighted by molar-refractivity contribution is 6.33. The van der Waals surface area contributed by atoms with Crippen LogP contribution in [0, 0.1) is 5.92 Å². The number of rotatable bonds is 5. The zero-order valence-corrected chi connectivity index (χ0v) is 24.0. The van der Waals surface area contributed by atoms with Crippen LogP contribution in [-0.4, -0.2) is 65.4 Å². The third-order valence-corrected chi connectivity index (χ3v) is 8.72. The molecule has 2 fully saturated rings. The molecule has 42 heavy (non-hydrogen) atoms. The summed E-state index contributed by atoms with van der Waals surface area (Å²) in [6, 6.07) is 13.3. The number of benzene rings is 2. The molecule has 0 unspecified atom stereocenters. The first kappa shape index (κ1) is 28.1. The van der Waals surface area contributed by atoms with Gasteiger partial charge in [0, 0.05) is 66.9 Å². The van der Waals surface area contributed by atoms with Crippen LogP contribution in [0.1, 0.15) is 30.7 Å². The maximum Gasteiger partial charge on any atom is 0.309 e. The monoisotopic (exact) mass is 589 g/mol. The number of carbonyl (C=O) groups excluding carboxylic acids is 1. The van der Waals surface area contributed by atoms with E-state index in [1.807, 2.05) is 19.2 Å². The topological polar surface area (TPSA) is 116 Å². The number of aromatic hydroxyl groups is 2. The van der Waals surface area contributed by atoms with Crippen LogP contribution in [0.15, 0.2) is 70.1 Å². The smallest absolute Gasteiger partial charge is 0.309 e. The first-order valence-electron chi connectivity index (χ1n) is 14.1. The fraction of sp³-hybridized carbons (Fsp3) is 0.344. The van der Waals surface area contributed by atoms with Gasteiger partial charge in [-0.15, -0.1) is 0 Å². The Balaban J connectivity index is 1.31. The van der Waals surface area contributed by atoms with E-state index in [1.165, 1.54) is 6.07 Å². The van der Waals surface area contributed by atoms with Crippen LogP contribution in [0.4, 0.5) is 5.69 Å². The number of phenolic OH excluding ortho intramolecular Hbond substituents is 2. The van der Waals surface area contributed by atoms with Crippen LogP contribution >= 0.6 is 11.6 Å². The summed E-state index contributed by atoms with van der Waals surface area (Å²) < 4.78 is 12.4. The first-order valence-corrected chi connectivity index (χ1v) is 14.5. The third kappa shape index (κ3) is 5.42. The SMILES string of the molecule is CN1CC[C@H](c2c(O)cc(O)c3c(=O)cc(-c4ccccc4Cl)oc23)[C@H](OC(=O)C2CCN(c3ccncc3)CC2)C1. The Hall–Kier alpha value is -4.08. The van der Waals surface area contributed by atoms with Gasteiger partial charge < -0.3 is 29.2 Å². The summed E-state index contributed by atoms with van der Waals surface area (Å²) in [4.78, 5) is 35.1. The fourth-order valence-corrected chi connectivity index (χ4v) is 6.40. The lowest BCUT2D eigenvalue weighted by Crippen LogP contribution is -2.45. The largest absolute Gasteiger partial charge is 0.507 e. The van der Waals surface area contributed by atoms with Crippen LogP contribution in [0.2, 0.25) is 5.02 Å². The molecule has 4 heterocycles. The molecule has 10 heteroatoms. The second-order valence-electron chi connectivity index (χ2n) is 11.1. The van der Waals surface area contributed by atoms with E-state index in [4.69, 9.17) is 20.8 Å². The number of pyridine rings is 1. The van der Waals surface area contributed by atoms with E-state index in [0.29, 0.717) is 48.5 Å². The average molecular weight is 590 g/mol. The molecular formula is C32H32ClN3O6. The second kappa shape index (κ2) is 11.7. The van der Waals surface area contributed by atoms with Crippen LogP contribution in [0.5, 0.6) is 11.5 Å². The Morgan fingerprint density at radius 2 is 1.76 bits per heavy atom. The summed E-state index contributed by atoms with van der Waals surface area (Å²) in [7, 11) is 1.95. The number of halogens is 1. The summed E-state index contributed by atoms with van der Waals surface area (Å²) in [6.07, 6.45) is 4.80. The number of likely N-dealkylation sites (tertiary alicyclic amines) is 1. The molecule has 2 N–H and O–H groups in total. The number of hydrogen-bond donors (Lipinski definition) is 2. The molecule has 4 aromatic rings. The molecule has 2 saturated heterocycles. The average Bonchev–Trinajstić information content (AvgIpc) is 2.98. The summed E-state index contributed by atoms with van der Waals surface area (Å²) >= 11 is 6.40. The standard InChI is InChI=1S/C32H32ClN3O6/c1-35-13-10-22(28(18-35)42-32(40)19-8-14-36(15-9-19)20-6-11-34-12-7-20)29-24(37)16-25(38)30-26(39)17-27(41-31(29)30)21-4-2-3-5-23(21)33/h2-7,11-12,16-17,19,22,28,37-38H,8-10,13-15,18H2,1H3/t22-,28+/m0/s1. The van der Waals surface area contributed by atoms with Gasteiger partial charge in [-0.3, -0.25) is 14.6 Å². The molecule has 0 bridgehead atoms. The molecule has 218 valence electrons. The van der Waals surface area contributed by atoms with Crippen molar-refractivity contribution in [1.29, 1.82) is 0 Å². The predicted octanol–water partition coefficient (Wildman–Crippen LogP) is 5.17. The summed E-state index contributed by atoms with van der Waals surface area (Å²) in [5.74, 6) is -1.36. The molecule has 2 aliphatic heterocycles. The number of likely N-dealkylation sites (N-methyl/N-ethyl adjacent to an activating group) is 1. The zero-order chi connectivity index (χ0) is 29.4. The van der Waals surface area contributed by atoms with E-state index >= 15 is 0 Å². The number of nitrogens with zero attached hydrogens (tertiary/aromatic N) is 3. The van der Waals surface area contributed by atoms with Gasteiger partial charge in [0.1, 0.15) is 34.3 Å². The van der Waals surface area contributed by atoms with E-state index in [1.54, 1.807) is 36.7 Å². The molecule has 6 rings (SSSR count). The van der Waals surface area contributed by atoms with E-state index in [9.17, 15) is 19.8 Å². The Kier molecular flexibility index (Phi) is 7.79. The third-order valence-electron chi connectivity index (χ3n) is 8.39. The molecule has 2 atom stereocenters. The van der Waals surface area contributed by atoms with Crippen LogP contribution in [0.25, 0.3) is 22.3 Å². The molecule has 0 aliphatic carbocycles. The van der Waals surface area contributed by atoms with Crippen molar-refractivity contribution in [1.82, 2.24) is 9.88 Å². The minimum absolute atomic E-state index is 0.0360. The number of fused-ring (bicyclic) bond motifs is 1. The van der Waals surface area contributed by atoms with E-state index in [-0.39, 0.29) is 40.1 Å². The van der Waals surface area contributed by atoms with Crippen LogP contribution in [-0.2, 0) is 9.53 Å². The summed E-state index contributed by atoms with van der Waals surface area (Å²) in [5, 5.41) is 22.2. The zero-order valence-electron chi connectivity index (χ0n) is 23.2. The molecule has 0 radical (unpaired) electrons. The number of phenols is 2. The second-order valence-corrected chi connectivity index (χ2v) is 11.5. The number of aromatic nitrogens is 1. The van der Waals surface area contributed by atoms with Gasteiger partial charge in [-0.2, -0.15) is 0 Å². The molecule has 2 aromatic carbocycles. The molecule has 2 aromatic heterocycles. The summed E-state index contributed by atoms with van der Waals surface area (Å²) in [5.41, 5.74) is 1.53. The van der Waals surface area contributed by atoms with Gasteiger partial charge in [0.25, 0.3) is 0 Å². The Labute approximate surface area is 247 Å². The molecule has 0 saturated carbocycles. The van der Waals surface area contributed by atoms with Crippen LogP contribution < -0.4 is 10.3 Å². The number of ether oxygens (including phenoxy) is 1. The lowest BCUT2D eigenvalue weighted by Gasteiger charge is -2.38. The van der Waals surface area contributed by atoms with Gasteiger partial charge in [0.2, 0.25) is 0 Å². The predicted molar refractivity (Wildman–Crippen MR) is 160 cm³/mol. The number of anilines is 1. The maximum absolute atomic E-state index is 13.5. The minimum Gasteiger partial charge on any atom is -0.507 e. The molecule has 9 nitrogen and oxygen atoms in total. The van der Waals surface area contributed by atoms with E-state index < -0.39 is 17.5 Å². The Morgan fingerprint density at radius 3 is 2.50 bits per heavy atom. The van der Waals surface area contributed by atoms with Crippen molar-refractivity contribution in [2.75, 3.05) is 38.1 Å². The summed E-state index contributed by atoms with van der Waals surface area (Å²) in [6.45, 7) is 2.59. The number of esters is 1. The number of hydrogen-bond acceptors (Lipinski definition) is 9. The molecular weight excluding hydrogens is 558 g/mol. The maximum atomic E-state index is 13.5. The van der Waals surface area contributed by atoms with Gasteiger partial charge in [-0.25, -0.2) is 0 Å². The van der Waals surface area contributed by atoms with Crippen molar-refractivity contribution in [3.05, 3.63) is 81.7 Å². The van der Waals surface area contributed by atoms with E-state index in [2.05, 4.69) is 14.8 Å². The highest BCUT2D eigenvalue weighted by Crippen LogP contribution is 2.44. The molecule has 2 aliphatic rings. The normalized spacial score (nSPS) is 20.1. The van der Waals surface area contributed by atoms with Crippen molar-refractivity contribution in [2.24, 2.45) is 5.92 Å².